The summed E-state index contributed by atoms with van der Waals surface area (Å²) in [4.78, 5) is 16.4. The molecule has 1 heterocycles. The van der Waals surface area contributed by atoms with Crippen molar-refractivity contribution in [1.29, 1.82) is 0 Å². The number of methoxy groups -OCH3 is 2. The lowest BCUT2D eigenvalue weighted by Crippen LogP contribution is -2.28. The third-order valence-corrected chi connectivity index (χ3v) is 5.02. The number of fused-ring (bicyclic) bond motifs is 1. The van der Waals surface area contributed by atoms with Crippen LogP contribution in [-0.4, -0.2) is 44.0 Å². The molecule has 0 aliphatic rings. The zero-order valence-corrected chi connectivity index (χ0v) is 19.8. The SMILES string of the molecule is CCOC(Cc1ccc(OCc2cnc3ccc(OC)cc3c2OC(C)C)cc1)C(=O)OC. The van der Waals surface area contributed by atoms with Crippen molar-refractivity contribution in [2.45, 2.75) is 46.0 Å². The van der Waals surface area contributed by atoms with Gasteiger partial charge >= 0.3 is 5.97 Å². The third-order valence-electron chi connectivity index (χ3n) is 5.02. The normalized spacial score (nSPS) is 11.9. The largest absolute Gasteiger partial charge is 0.497 e. The summed E-state index contributed by atoms with van der Waals surface area (Å²) < 4.78 is 27.8. The van der Waals surface area contributed by atoms with Gasteiger partial charge in [-0.1, -0.05) is 12.1 Å². The molecule has 0 amide bonds. The smallest absolute Gasteiger partial charge is 0.335 e. The molecule has 0 saturated heterocycles. The summed E-state index contributed by atoms with van der Waals surface area (Å²) in [7, 11) is 3.00. The maximum Gasteiger partial charge on any atom is 0.335 e. The van der Waals surface area contributed by atoms with E-state index in [-0.39, 0.29) is 12.1 Å². The summed E-state index contributed by atoms with van der Waals surface area (Å²) in [6, 6.07) is 13.3. The van der Waals surface area contributed by atoms with E-state index in [2.05, 4.69) is 4.98 Å². The van der Waals surface area contributed by atoms with Crippen LogP contribution in [0.1, 0.15) is 31.9 Å². The lowest BCUT2D eigenvalue weighted by molar-refractivity contribution is -0.153. The number of hydrogen-bond donors (Lipinski definition) is 0. The second-order valence-electron chi connectivity index (χ2n) is 7.77. The Hall–Kier alpha value is -3.32. The number of ether oxygens (including phenoxy) is 5. The van der Waals surface area contributed by atoms with Gasteiger partial charge in [0.2, 0.25) is 0 Å². The highest BCUT2D eigenvalue weighted by atomic mass is 16.6. The van der Waals surface area contributed by atoms with Crippen molar-refractivity contribution in [3.63, 3.8) is 0 Å². The summed E-state index contributed by atoms with van der Waals surface area (Å²) >= 11 is 0. The van der Waals surface area contributed by atoms with E-state index >= 15 is 0 Å². The molecule has 0 radical (unpaired) electrons. The first kappa shape index (κ1) is 24.3. The maximum absolute atomic E-state index is 11.9. The number of aromatic nitrogens is 1. The van der Waals surface area contributed by atoms with E-state index in [9.17, 15) is 4.79 Å². The Bertz CT molecular complexity index is 1060. The zero-order valence-electron chi connectivity index (χ0n) is 19.8. The summed E-state index contributed by atoms with van der Waals surface area (Å²) in [5.41, 5.74) is 2.62. The van der Waals surface area contributed by atoms with Gasteiger partial charge in [-0.3, -0.25) is 4.98 Å². The zero-order chi connectivity index (χ0) is 23.8. The summed E-state index contributed by atoms with van der Waals surface area (Å²) in [5, 5.41) is 0.879. The van der Waals surface area contributed by atoms with Crippen LogP contribution in [0.2, 0.25) is 0 Å². The monoisotopic (exact) mass is 453 g/mol. The highest BCUT2D eigenvalue weighted by Gasteiger charge is 2.20. The van der Waals surface area contributed by atoms with Crippen LogP contribution in [0.15, 0.2) is 48.7 Å². The van der Waals surface area contributed by atoms with Gasteiger partial charge in [-0.2, -0.15) is 0 Å². The van der Waals surface area contributed by atoms with Crippen molar-refractivity contribution in [1.82, 2.24) is 4.98 Å². The summed E-state index contributed by atoms with van der Waals surface area (Å²) in [6.07, 6.45) is 1.59. The van der Waals surface area contributed by atoms with Crippen LogP contribution in [0.25, 0.3) is 10.9 Å². The number of benzene rings is 2. The van der Waals surface area contributed by atoms with Crippen molar-refractivity contribution in [2.75, 3.05) is 20.8 Å². The van der Waals surface area contributed by atoms with Crippen LogP contribution in [0.4, 0.5) is 0 Å². The number of nitrogens with zero attached hydrogens (tertiary/aromatic N) is 1. The van der Waals surface area contributed by atoms with Crippen LogP contribution in [0.5, 0.6) is 17.2 Å². The molecule has 33 heavy (non-hydrogen) atoms. The number of pyridine rings is 1. The second-order valence-corrected chi connectivity index (χ2v) is 7.77. The Morgan fingerprint density at radius 3 is 2.39 bits per heavy atom. The molecule has 0 spiro atoms. The van der Waals surface area contributed by atoms with Gasteiger partial charge in [0.05, 0.1) is 31.4 Å². The minimum atomic E-state index is -0.622. The standard InChI is InChI=1S/C26H31NO6/c1-6-31-24(26(28)30-5)13-18-7-9-20(10-8-18)32-16-19-15-27-23-12-11-21(29-4)14-22(23)25(19)33-17(2)3/h7-12,14-15,17,24H,6,13,16H2,1-5H3. The van der Waals surface area contributed by atoms with Crippen LogP contribution < -0.4 is 14.2 Å². The van der Waals surface area contributed by atoms with Crippen LogP contribution in [0.3, 0.4) is 0 Å². The van der Waals surface area contributed by atoms with Crippen molar-refractivity contribution in [3.05, 3.63) is 59.8 Å². The number of carbonyl (C=O) groups is 1. The van der Waals surface area contributed by atoms with Gasteiger partial charge in [-0.15, -0.1) is 0 Å². The molecule has 0 bridgehead atoms. The van der Waals surface area contributed by atoms with E-state index in [0.717, 1.165) is 33.5 Å². The molecule has 1 atom stereocenters. The molecule has 176 valence electrons. The average molecular weight is 454 g/mol. The van der Waals surface area contributed by atoms with E-state index in [4.69, 9.17) is 23.7 Å². The van der Waals surface area contributed by atoms with Crippen molar-refractivity contribution in [2.24, 2.45) is 0 Å². The van der Waals surface area contributed by atoms with Gasteiger partial charge in [-0.25, -0.2) is 4.79 Å². The molecule has 2 aromatic carbocycles. The quantitative estimate of drug-likeness (QED) is 0.389. The van der Waals surface area contributed by atoms with E-state index in [1.165, 1.54) is 7.11 Å². The molecule has 0 fully saturated rings. The van der Waals surface area contributed by atoms with Gasteiger partial charge < -0.3 is 23.7 Å². The first-order chi connectivity index (χ1) is 15.9. The second kappa shape index (κ2) is 11.5. The number of rotatable bonds is 11. The third kappa shape index (κ3) is 6.35. The molecule has 0 N–H and O–H groups in total. The summed E-state index contributed by atoms with van der Waals surface area (Å²) in [5.74, 6) is 1.80. The Kier molecular flexibility index (Phi) is 8.49. The van der Waals surface area contributed by atoms with E-state index in [1.54, 1.807) is 13.3 Å². The van der Waals surface area contributed by atoms with Crippen LogP contribution >= 0.6 is 0 Å². The van der Waals surface area contributed by atoms with Gasteiger partial charge in [0.1, 0.15) is 23.9 Å². The first-order valence-corrected chi connectivity index (χ1v) is 11.0. The Balaban J connectivity index is 1.76. The average Bonchev–Trinajstić information content (AvgIpc) is 2.83. The molecule has 0 aliphatic carbocycles. The molecule has 7 nitrogen and oxygen atoms in total. The van der Waals surface area contributed by atoms with Gasteiger partial charge in [-0.05, 0) is 56.7 Å². The van der Waals surface area contributed by atoms with Gasteiger partial charge in [0.15, 0.2) is 6.10 Å². The fraction of sp³-hybridized carbons (Fsp3) is 0.385. The van der Waals surface area contributed by atoms with Gasteiger partial charge in [0.25, 0.3) is 0 Å². The van der Waals surface area contributed by atoms with Crippen molar-refractivity contribution in [3.8, 4) is 17.2 Å². The molecule has 0 saturated carbocycles. The minimum absolute atomic E-state index is 0.00655. The first-order valence-electron chi connectivity index (χ1n) is 11.0. The lowest BCUT2D eigenvalue weighted by atomic mass is 10.1. The Morgan fingerprint density at radius 2 is 1.76 bits per heavy atom. The summed E-state index contributed by atoms with van der Waals surface area (Å²) in [6.45, 7) is 6.56. The lowest BCUT2D eigenvalue weighted by Gasteiger charge is -2.17. The molecule has 3 rings (SSSR count). The van der Waals surface area contributed by atoms with Crippen molar-refractivity contribution < 1.29 is 28.5 Å². The highest BCUT2D eigenvalue weighted by molar-refractivity contribution is 5.87. The molecular weight excluding hydrogens is 422 g/mol. The Morgan fingerprint density at radius 1 is 1.03 bits per heavy atom. The van der Waals surface area contributed by atoms with Crippen molar-refractivity contribution >= 4 is 16.9 Å². The van der Waals surface area contributed by atoms with Gasteiger partial charge in [0, 0.05) is 24.6 Å². The number of hydrogen-bond acceptors (Lipinski definition) is 7. The fourth-order valence-electron chi connectivity index (χ4n) is 3.43. The molecule has 1 aromatic heterocycles. The molecular formula is C26H31NO6. The fourth-order valence-corrected chi connectivity index (χ4v) is 3.43. The molecule has 1 unspecified atom stereocenters. The van der Waals surface area contributed by atoms with E-state index in [0.29, 0.717) is 25.4 Å². The predicted octanol–water partition coefficient (Wildman–Crippen LogP) is 4.73. The van der Waals surface area contributed by atoms with E-state index < -0.39 is 6.10 Å². The van der Waals surface area contributed by atoms with Crippen LogP contribution in [-0.2, 0) is 27.3 Å². The number of esters is 1. The molecule has 0 aliphatic heterocycles. The van der Waals surface area contributed by atoms with Crippen LogP contribution in [0, 0.1) is 0 Å². The Labute approximate surface area is 194 Å². The predicted molar refractivity (Wildman–Crippen MR) is 126 cm³/mol. The topological polar surface area (TPSA) is 76.1 Å². The van der Waals surface area contributed by atoms with E-state index in [1.807, 2.05) is 63.2 Å². The molecule has 7 heteroatoms. The minimum Gasteiger partial charge on any atom is -0.497 e. The maximum atomic E-state index is 11.9. The molecule has 3 aromatic rings. The highest BCUT2D eigenvalue weighted by Crippen LogP contribution is 2.33. The number of carbonyl (C=O) groups excluding carboxylic acids is 1.